The van der Waals surface area contributed by atoms with Gasteiger partial charge in [-0.2, -0.15) is 21.6 Å². The molecule has 12 heteroatoms. The molecule has 0 bridgehead atoms. The Morgan fingerprint density at radius 3 is 2.38 bits per heavy atom. The van der Waals surface area contributed by atoms with E-state index in [0.717, 1.165) is 0 Å². The first-order chi connectivity index (χ1) is 13.4. The van der Waals surface area contributed by atoms with Crippen LogP contribution in [0.1, 0.15) is 23.6 Å². The first kappa shape index (κ1) is 22.1. The zero-order valence-electron chi connectivity index (χ0n) is 15.2. The van der Waals surface area contributed by atoms with E-state index >= 15 is 0 Å². The van der Waals surface area contributed by atoms with Gasteiger partial charge in [-0.15, -0.1) is 0 Å². The summed E-state index contributed by atoms with van der Waals surface area (Å²) >= 11 is 0. The third-order valence-corrected chi connectivity index (χ3v) is 4.79. The third kappa shape index (κ3) is 5.67. The van der Waals surface area contributed by atoms with Crippen LogP contribution in [0, 0.1) is 17.0 Å². The van der Waals surface area contributed by atoms with E-state index in [1.54, 1.807) is 6.92 Å². The number of nitro benzene ring substituents is 1. The molecule has 1 N–H and O–H groups in total. The molecule has 0 saturated carbocycles. The van der Waals surface area contributed by atoms with Crippen molar-refractivity contribution in [3.8, 4) is 0 Å². The van der Waals surface area contributed by atoms with E-state index in [9.17, 15) is 31.7 Å². The summed E-state index contributed by atoms with van der Waals surface area (Å²) in [6, 6.07) is 9.63. The Hall–Kier alpha value is -3.15. The number of sulfonamides is 1. The van der Waals surface area contributed by atoms with Gasteiger partial charge in [-0.3, -0.25) is 14.8 Å². The maximum absolute atomic E-state index is 12.7. The smallest absolute Gasteiger partial charge is 0.391 e. The molecule has 0 spiro atoms. The zero-order valence-corrected chi connectivity index (χ0v) is 16.0. The second kappa shape index (κ2) is 8.47. The summed E-state index contributed by atoms with van der Waals surface area (Å²) in [6.45, 7) is 3.07. The van der Waals surface area contributed by atoms with Crippen LogP contribution in [0.5, 0.6) is 0 Å². The van der Waals surface area contributed by atoms with E-state index in [2.05, 4.69) is 5.16 Å². The fraction of sp³-hybridized carbons (Fsp3) is 0.235. The van der Waals surface area contributed by atoms with Crippen molar-refractivity contribution in [3.05, 3.63) is 69.3 Å². The Kier molecular flexibility index (Phi) is 6.47. The molecule has 0 amide bonds. The Morgan fingerprint density at radius 2 is 1.83 bits per heavy atom. The summed E-state index contributed by atoms with van der Waals surface area (Å²) < 4.78 is 62.3. The van der Waals surface area contributed by atoms with Crippen molar-refractivity contribution in [2.45, 2.75) is 26.0 Å². The van der Waals surface area contributed by atoms with Gasteiger partial charge in [-0.05, 0) is 43.7 Å². The molecule has 156 valence electrons. The van der Waals surface area contributed by atoms with E-state index in [0.29, 0.717) is 11.1 Å². The van der Waals surface area contributed by atoms with Crippen LogP contribution in [0.15, 0.2) is 47.6 Å². The molecule has 0 aromatic heterocycles. The molecule has 0 unspecified atom stereocenters. The number of hydrogen-bond acceptors (Lipinski definition) is 6. The lowest BCUT2D eigenvalue weighted by Crippen LogP contribution is -2.30. The van der Waals surface area contributed by atoms with E-state index < -0.39 is 20.5 Å². The lowest BCUT2D eigenvalue weighted by Gasteiger charge is -2.14. The fourth-order valence-corrected chi connectivity index (χ4v) is 2.80. The summed E-state index contributed by atoms with van der Waals surface area (Å²) in [7, 11) is -5.60. The van der Waals surface area contributed by atoms with Crippen LogP contribution in [0.2, 0.25) is 0 Å². The summed E-state index contributed by atoms with van der Waals surface area (Å²) in [5.74, 6) is 0. The van der Waals surface area contributed by atoms with E-state index in [-0.39, 0.29) is 29.3 Å². The number of benzene rings is 2. The molecular formula is C17H16F3N3O5S. The number of aryl methyl sites for hydroxylation is 1. The van der Waals surface area contributed by atoms with Gasteiger partial charge in [0.15, 0.2) is 0 Å². The normalized spacial score (nSPS) is 12.5. The number of oxime groups is 1. The highest BCUT2D eigenvalue weighted by molar-refractivity contribution is 7.93. The molecule has 0 atom stereocenters. The van der Waals surface area contributed by atoms with Crippen LogP contribution in [-0.4, -0.2) is 24.6 Å². The van der Waals surface area contributed by atoms with Crippen molar-refractivity contribution < 1.29 is 31.3 Å². The number of alkyl halides is 3. The minimum absolute atomic E-state index is 0.0508. The van der Waals surface area contributed by atoms with Gasteiger partial charge in [0.25, 0.3) is 5.69 Å². The summed E-state index contributed by atoms with van der Waals surface area (Å²) in [5.41, 5.74) is -4.36. The molecule has 29 heavy (non-hydrogen) atoms. The minimum atomic E-state index is -5.60. The molecule has 8 nitrogen and oxygen atoms in total. The molecule has 2 aromatic carbocycles. The maximum atomic E-state index is 12.7. The van der Waals surface area contributed by atoms with Gasteiger partial charge < -0.3 is 4.84 Å². The van der Waals surface area contributed by atoms with Crippen molar-refractivity contribution in [3.63, 3.8) is 0 Å². The average molecular weight is 431 g/mol. The van der Waals surface area contributed by atoms with E-state index in [1.165, 1.54) is 54.1 Å². The summed E-state index contributed by atoms with van der Waals surface area (Å²) in [6.07, 6.45) is 0. The Balaban J connectivity index is 2.20. The fourth-order valence-electron chi connectivity index (χ4n) is 2.22. The molecule has 0 heterocycles. The van der Waals surface area contributed by atoms with Crippen LogP contribution >= 0.6 is 0 Å². The molecule has 0 radical (unpaired) electrons. The van der Waals surface area contributed by atoms with Gasteiger partial charge >= 0.3 is 15.5 Å². The highest BCUT2D eigenvalue weighted by Crippen LogP contribution is 2.28. The number of nitro groups is 1. The Bertz CT molecular complexity index is 1040. The average Bonchev–Trinajstić information content (AvgIpc) is 2.62. The molecule has 2 rings (SSSR count). The van der Waals surface area contributed by atoms with Crippen molar-refractivity contribution in [2.24, 2.45) is 5.16 Å². The summed E-state index contributed by atoms with van der Waals surface area (Å²) in [4.78, 5) is 15.2. The number of nitrogens with one attached hydrogen (secondary N) is 1. The minimum Gasteiger partial charge on any atom is -0.391 e. The van der Waals surface area contributed by atoms with Gasteiger partial charge in [-0.25, -0.2) is 0 Å². The third-order valence-electron chi connectivity index (χ3n) is 3.69. The number of halogens is 3. The van der Waals surface area contributed by atoms with Crippen molar-refractivity contribution in [1.29, 1.82) is 0 Å². The second-order valence-electron chi connectivity index (χ2n) is 5.97. The standard InChI is InChI=1S/C17H16F3N3O5S/c1-11-3-8-16(22-29(26,27)17(18,19)20)15(9-11)12(2)21-28-10-13-4-6-14(7-5-13)23(24)25/h3-9,22H,10H2,1-2H3/b21-12+. The van der Waals surface area contributed by atoms with Gasteiger partial charge in [0.1, 0.15) is 6.61 Å². The van der Waals surface area contributed by atoms with E-state index in [4.69, 9.17) is 4.84 Å². The number of hydrogen-bond donors (Lipinski definition) is 1. The first-order valence-electron chi connectivity index (χ1n) is 8.01. The van der Waals surface area contributed by atoms with Crippen LogP contribution in [0.4, 0.5) is 24.5 Å². The molecule has 0 saturated heterocycles. The van der Waals surface area contributed by atoms with Gasteiger partial charge in [0.05, 0.1) is 16.3 Å². The van der Waals surface area contributed by atoms with Crippen LogP contribution in [-0.2, 0) is 21.5 Å². The predicted molar refractivity (Wildman–Crippen MR) is 99.9 cm³/mol. The zero-order chi connectivity index (χ0) is 21.8. The van der Waals surface area contributed by atoms with Crippen molar-refractivity contribution in [1.82, 2.24) is 0 Å². The molecule has 0 aliphatic heterocycles. The van der Waals surface area contributed by atoms with Crippen molar-refractivity contribution >= 4 is 27.1 Å². The molecule has 0 aliphatic carbocycles. The molecule has 0 fully saturated rings. The quantitative estimate of drug-likeness (QED) is 0.403. The van der Waals surface area contributed by atoms with Crippen molar-refractivity contribution in [2.75, 3.05) is 4.72 Å². The van der Waals surface area contributed by atoms with Crippen LogP contribution < -0.4 is 4.72 Å². The molecule has 2 aromatic rings. The highest BCUT2D eigenvalue weighted by Gasteiger charge is 2.46. The largest absolute Gasteiger partial charge is 0.516 e. The highest BCUT2D eigenvalue weighted by atomic mass is 32.2. The Labute approximate surface area is 164 Å². The van der Waals surface area contributed by atoms with Crippen LogP contribution in [0.3, 0.4) is 0 Å². The lowest BCUT2D eigenvalue weighted by atomic mass is 10.1. The second-order valence-corrected chi connectivity index (χ2v) is 7.65. The summed E-state index contributed by atoms with van der Waals surface area (Å²) in [5, 5.41) is 14.4. The van der Waals surface area contributed by atoms with Gasteiger partial charge in [0, 0.05) is 17.7 Å². The molecular weight excluding hydrogens is 415 g/mol. The first-order valence-corrected chi connectivity index (χ1v) is 9.49. The predicted octanol–water partition coefficient (Wildman–Crippen LogP) is 4.11. The number of non-ortho nitro benzene ring substituents is 1. The molecule has 0 aliphatic rings. The van der Waals surface area contributed by atoms with E-state index in [1.807, 2.05) is 0 Å². The maximum Gasteiger partial charge on any atom is 0.516 e. The van der Waals surface area contributed by atoms with Crippen LogP contribution in [0.25, 0.3) is 0 Å². The number of nitrogens with zero attached hydrogens (tertiary/aromatic N) is 2. The monoisotopic (exact) mass is 431 g/mol. The lowest BCUT2D eigenvalue weighted by molar-refractivity contribution is -0.384. The topological polar surface area (TPSA) is 111 Å². The van der Waals surface area contributed by atoms with Gasteiger partial charge in [-0.1, -0.05) is 16.8 Å². The SMILES string of the molecule is C/C(=N\OCc1ccc([N+](=O)[O-])cc1)c1cc(C)ccc1NS(=O)(=O)C(F)(F)F. The van der Waals surface area contributed by atoms with Gasteiger partial charge in [0.2, 0.25) is 0 Å². The number of rotatable bonds is 7. The Morgan fingerprint density at radius 1 is 1.21 bits per heavy atom. The number of anilines is 1.